The predicted octanol–water partition coefficient (Wildman–Crippen LogP) is 2.74. The molecule has 0 spiro atoms. The third-order valence-electron chi connectivity index (χ3n) is 4.45. The Kier molecular flexibility index (Phi) is 4.79. The topological polar surface area (TPSA) is 82.1 Å². The van der Waals surface area contributed by atoms with Crippen LogP contribution in [0.4, 0.5) is 4.79 Å². The fourth-order valence-corrected chi connectivity index (χ4v) is 4.16. The quantitative estimate of drug-likeness (QED) is 0.732. The van der Waals surface area contributed by atoms with E-state index < -0.39 is 11.9 Å². The van der Waals surface area contributed by atoms with Crippen LogP contribution in [0.5, 0.6) is 0 Å². The SMILES string of the molecule is O=C1CNC(=O)N1CC(=O)N1N=C(c2ccc(Br)cc2)CC1c1cccs1. The van der Waals surface area contributed by atoms with Gasteiger partial charge in [-0.3, -0.25) is 14.5 Å². The number of urea groups is 1. The molecule has 0 aliphatic carbocycles. The van der Waals surface area contributed by atoms with Gasteiger partial charge in [0.25, 0.3) is 11.8 Å². The molecular weight excluding hydrogens is 432 g/mol. The average Bonchev–Trinajstić information content (AvgIpc) is 3.38. The Morgan fingerprint density at radius 3 is 2.67 bits per heavy atom. The number of nitrogens with zero attached hydrogens (tertiary/aromatic N) is 3. The molecule has 1 aromatic carbocycles. The van der Waals surface area contributed by atoms with Gasteiger partial charge in [0.2, 0.25) is 0 Å². The number of rotatable bonds is 4. The van der Waals surface area contributed by atoms with Crippen LogP contribution in [-0.2, 0) is 9.59 Å². The molecule has 1 N–H and O–H groups in total. The van der Waals surface area contributed by atoms with Crippen LogP contribution in [0, 0.1) is 0 Å². The number of hydrogen-bond acceptors (Lipinski definition) is 5. The lowest BCUT2D eigenvalue weighted by molar-refractivity contribution is -0.137. The number of benzene rings is 1. The van der Waals surface area contributed by atoms with Gasteiger partial charge in [0.15, 0.2) is 0 Å². The maximum absolute atomic E-state index is 12.9. The van der Waals surface area contributed by atoms with Crippen LogP contribution in [0.2, 0.25) is 0 Å². The van der Waals surface area contributed by atoms with Crippen molar-refractivity contribution in [2.24, 2.45) is 5.10 Å². The van der Waals surface area contributed by atoms with E-state index in [1.54, 1.807) is 11.3 Å². The molecule has 0 bridgehead atoms. The molecule has 0 radical (unpaired) electrons. The lowest BCUT2D eigenvalue weighted by Gasteiger charge is -2.22. The highest BCUT2D eigenvalue weighted by Gasteiger charge is 2.37. The molecule has 1 saturated heterocycles. The van der Waals surface area contributed by atoms with Crippen molar-refractivity contribution in [1.29, 1.82) is 0 Å². The Balaban J connectivity index is 1.61. The summed E-state index contributed by atoms with van der Waals surface area (Å²) >= 11 is 4.96. The fourth-order valence-electron chi connectivity index (χ4n) is 3.08. The van der Waals surface area contributed by atoms with Crippen LogP contribution < -0.4 is 5.32 Å². The van der Waals surface area contributed by atoms with E-state index in [-0.39, 0.29) is 25.0 Å². The summed E-state index contributed by atoms with van der Waals surface area (Å²) in [5.74, 6) is -0.789. The van der Waals surface area contributed by atoms with Gasteiger partial charge >= 0.3 is 6.03 Å². The van der Waals surface area contributed by atoms with Crippen molar-refractivity contribution in [1.82, 2.24) is 15.2 Å². The highest BCUT2D eigenvalue weighted by atomic mass is 79.9. The second kappa shape index (κ2) is 7.24. The largest absolute Gasteiger partial charge is 0.329 e. The lowest BCUT2D eigenvalue weighted by atomic mass is 10.0. The Bertz CT molecular complexity index is 911. The first-order valence-corrected chi connectivity index (χ1v) is 9.97. The van der Waals surface area contributed by atoms with Gasteiger partial charge in [0.1, 0.15) is 6.54 Å². The van der Waals surface area contributed by atoms with E-state index in [0.29, 0.717) is 6.42 Å². The monoisotopic (exact) mass is 446 g/mol. The number of carbonyl (C=O) groups is 3. The molecule has 138 valence electrons. The van der Waals surface area contributed by atoms with Crippen LogP contribution in [0.25, 0.3) is 0 Å². The van der Waals surface area contributed by atoms with E-state index in [4.69, 9.17) is 0 Å². The summed E-state index contributed by atoms with van der Waals surface area (Å²) < 4.78 is 0.964. The molecule has 2 aromatic rings. The molecule has 27 heavy (non-hydrogen) atoms. The van der Waals surface area contributed by atoms with Gasteiger partial charge in [-0.15, -0.1) is 11.3 Å². The van der Waals surface area contributed by atoms with Crippen molar-refractivity contribution in [3.05, 3.63) is 56.7 Å². The summed E-state index contributed by atoms with van der Waals surface area (Å²) in [6.45, 7) is -0.391. The second-order valence-electron chi connectivity index (χ2n) is 6.17. The number of hydrazone groups is 1. The average molecular weight is 447 g/mol. The third kappa shape index (κ3) is 3.52. The summed E-state index contributed by atoms with van der Waals surface area (Å²) in [5.41, 5.74) is 1.73. The molecular formula is C18H15BrN4O3S. The highest BCUT2D eigenvalue weighted by Crippen LogP contribution is 2.35. The van der Waals surface area contributed by atoms with Crippen molar-refractivity contribution >= 4 is 50.8 Å². The number of hydrogen-bond donors (Lipinski definition) is 1. The van der Waals surface area contributed by atoms with Crippen LogP contribution in [-0.4, -0.2) is 46.6 Å². The second-order valence-corrected chi connectivity index (χ2v) is 8.06. The summed E-state index contributed by atoms with van der Waals surface area (Å²) in [6, 6.07) is 10.8. The number of imide groups is 1. The Hall–Kier alpha value is -2.52. The maximum Gasteiger partial charge on any atom is 0.325 e. The minimum absolute atomic E-state index is 0.0755. The standard InChI is InChI=1S/C18H15BrN4O3S/c19-12-5-3-11(4-6-12)13-8-14(15-2-1-7-27-15)23(21-13)17(25)10-22-16(24)9-20-18(22)26/h1-7,14H,8-10H2,(H,20,26). The molecule has 4 amide bonds. The zero-order chi connectivity index (χ0) is 19.0. The van der Waals surface area contributed by atoms with Gasteiger partial charge in [-0.2, -0.15) is 5.10 Å². The molecule has 1 aromatic heterocycles. The normalized spacial score (nSPS) is 19.4. The Morgan fingerprint density at radius 2 is 2.04 bits per heavy atom. The third-order valence-corrected chi connectivity index (χ3v) is 5.95. The van der Waals surface area contributed by atoms with Gasteiger partial charge in [-0.25, -0.2) is 9.80 Å². The molecule has 4 rings (SSSR count). The lowest BCUT2D eigenvalue weighted by Crippen LogP contribution is -2.41. The van der Waals surface area contributed by atoms with Crippen molar-refractivity contribution in [3.8, 4) is 0 Å². The van der Waals surface area contributed by atoms with Crippen LogP contribution in [0.3, 0.4) is 0 Å². The van der Waals surface area contributed by atoms with E-state index in [2.05, 4.69) is 26.3 Å². The summed E-state index contributed by atoms with van der Waals surface area (Å²) in [4.78, 5) is 38.4. The molecule has 2 aliphatic heterocycles. The van der Waals surface area contributed by atoms with Gasteiger partial charge in [-0.1, -0.05) is 34.1 Å². The number of halogens is 1. The van der Waals surface area contributed by atoms with Crippen LogP contribution >= 0.6 is 27.3 Å². The smallest absolute Gasteiger partial charge is 0.325 e. The number of amides is 4. The molecule has 0 saturated carbocycles. The minimum atomic E-state index is -0.544. The number of thiophene rings is 1. The number of nitrogens with one attached hydrogen (secondary N) is 1. The van der Waals surface area contributed by atoms with Crippen LogP contribution in [0.15, 0.2) is 51.4 Å². The van der Waals surface area contributed by atoms with Crippen molar-refractivity contribution < 1.29 is 14.4 Å². The van der Waals surface area contributed by atoms with Crippen molar-refractivity contribution in [2.75, 3.05) is 13.1 Å². The van der Waals surface area contributed by atoms with E-state index in [0.717, 1.165) is 25.5 Å². The predicted molar refractivity (Wildman–Crippen MR) is 104 cm³/mol. The molecule has 1 unspecified atom stereocenters. The van der Waals surface area contributed by atoms with Gasteiger partial charge in [-0.05, 0) is 29.1 Å². The molecule has 9 heteroatoms. The van der Waals surface area contributed by atoms with Gasteiger partial charge in [0, 0.05) is 15.8 Å². The maximum atomic E-state index is 12.9. The van der Waals surface area contributed by atoms with Gasteiger partial charge < -0.3 is 5.32 Å². The first-order valence-electron chi connectivity index (χ1n) is 8.30. The zero-order valence-electron chi connectivity index (χ0n) is 14.1. The summed E-state index contributed by atoms with van der Waals surface area (Å²) in [7, 11) is 0. The van der Waals surface area contributed by atoms with E-state index in [1.807, 2.05) is 41.8 Å². The number of carbonyl (C=O) groups excluding carboxylic acids is 3. The Morgan fingerprint density at radius 1 is 1.26 bits per heavy atom. The van der Waals surface area contributed by atoms with Crippen LogP contribution in [0.1, 0.15) is 22.9 Å². The minimum Gasteiger partial charge on any atom is -0.329 e. The van der Waals surface area contributed by atoms with E-state index in [1.165, 1.54) is 5.01 Å². The van der Waals surface area contributed by atoms with Crippen molar-refractivity contribution in [3.63, 3.8) is 0 Å². The summed E-state index contributed by atoms with van der Waals surface area (Å²) in [5, 5.41) is 10.3. The highest BCUT2D eigenvalue weighted by molar-refractivity contribution is 9.10. The van der Waals surface area contributed by atoms with Crippen molar-refractivity contribution in [2.45, 2.75) is 12.5 Å². The van der Waals surface area contributed by atoms with Gasteiger partial charge in [0.05, 0.1) is 18.3 Å². The first-order chi connectivity index (χ1) is 13.0. The Labute approximate surface area is 167 Å². The molecule has 1 atom stereocenters. The van der Waals surface area contributed by atoms with E-state index in [9.17, 15) is 14.4 Å². The van der Waals surface area contributed by atoms with E-state index >= 15 is 0 Å². The zero-order valence-corrected chi connectivity index (χ0v) is 16.5. The molecule has 1 fully saturated rings. The molecule has 2 aliphatic rings. The fraction of sp³-hybridized carbons (Fsp3) is 0.222. The molecule has 3 heterocycles. The molecule has 7 nitrogen and oxygen atoms in total. The summed E-state index contributed by atoms with van der Waals surface area (Å²) in [6.07, 6.45) is 0.577. The first kappa shape index (κ1) is 17.9.